The number of aryl methyl sites for hydroxylation is 2. The third-order valence-corrected chi connectivity index (χ3v) is 2.59. The minimum absolute atomic E-state index is 0.0221. The second-order valence-electron chi connectivity index (χ2n) is 3.60. The van der Waals surface area contributed by atoms with E-state index in [0.29, 0.717) is 0 Å². The molecule has 0 aliphatic carbocycles. The van der Waals surface area contributed by atoms with E-state index in [-0.39, 0.29) is 5.69 Å². The third kappa shape index (κ3) is 3.24. The molecule has 0 unspecified atom stereocenters. The van der Waals surface area contributed by atoms with E-state index in [1.165, 1.54) is 0 Å². The first-order chi connectivity index (χ1) is 9.65. The third-order valence-electron chi connectivity index (χ3n) is 2.59. The number of benzene rings is 1. The monoisotopic (exact) mass is 272 g/mol. The standard InChI is InChI=1S/C11H14N4O.2CHN/c1-4-12-13-8-5-6-9-10(7-8)15(3)11(16)14(9)2;2*1-2/h4-7,13H,1-3H3;2*1H. The van der Waals surface area contributed by atoms with Crippen LogP contribution in [0.15, 0.2) is 28.1 Å². The summed E-state index contributed by atoms with van der Waals surface area (Å²) in [5.41, 5.74) is 5.54. The van der Waals surface area contributed by atoms with Crippen LogP contribution in [0.4, 0.5) is 5.69 Å². The Morgan fingerprint density at radius 2 is 1.70 bits per heavy atom. The maximum atomic E-state index is 11.7. The van der Waals surface area contributed by atoms with Crippen molar-refractivity contribution in [1.82, 2.24) is 9.13 Å². The number of rotatable bonds is 2. The number of hydrogen-bond acceptors (Lipinski definition) is 5. The molecule has 20 heavy (non-hydrogen) atoms. The Hall–Kier alpha value is -3.06. The molecule has 0 fully saturated rings. The van der Waals surface area contributed by atoms with Crippen molar-refractivity contribution in [2.45, 2.75) is 6.92 Å². The number of hydrogen-bond donors (Lipinski definition) is 1. The van der Waals surface area contributed by atoms with Gasteiger partial charge < -0.3 is 0 Å². The molecule has 7 nitrogen and oxygen atoms in total. The summed E-state index contributed by atoms with van der Waals surface area (Å²) < 4.78 is 3.25. The lowest BCUT2D eigenvalue weighted by Gasteiger charge is -2.01. The molecule has 0 bridgehead atoms. The molecule has 1 aromatic carbocycles. The molecule has 0 saturated carbocycles. The van der Waals surface area contributed by atoms with Crippen LogP contribution in [-0.4, -0.2) is 15.3 Å². The van der Waals surface area contributed by atoms with Crippen molar-refractivity contribution in [2.24, 2.45) is 19.2 Å². The van der Waals surface area contributed by atoms with Crippen LogP contribution < -0.4 is 11.1 Å². The Kier molecular flexibility index (Phi) is 6.87. The molecule has 2 rings (SSSR count). The van der Waals surface area contributed by atoms with Gasteiger partial charge in [-0.2, -0.15) is 5.10 Å². The molecule has 0 atom stereocenters. The molecule has 0 saturated heterocycles. The minimum Gasteiger partial charge on any atom is -0.295 e. The summed E-state index contributed by atoms with van der Waals surface area (Å²) in [5.74, 6) is 0. The number of hydrazone groups is 1. The largest absolute Gasteiger partial charge is 0.328 e. The molecule has 1 aromatic heterocycles. The van der Waals surface area contributed by atoms with Crippen LogP contribution >= 0.6 is 0 Å². The number of nitrogens with zero attached hydrogens (tertiary/aromatic N) is 5. The fraction of sp³-hybridized carbons (Fsp3) is 0.231. The average molecular weight is 272 g/mol. The van der Waals surface area contributed by atoms with Gasteiger partial charge in [0.2, 0.25) is 0 Å². The zero-order chi connectivity index (χ0) is 15.7. The van der Waals surface area contributed by atoms with Gasteiger partial charge in [-0.3, -0.25) is 14.6 Å². The molecule has 0 aliphatic rings. The van der Waals surface area contributed by atoms with E-state index < -0.39 is 0 Å². The maximum Gasteiger partial charge on any atom is 0.328 e. The normalized spacial score (nSPS) is 9.35. The van der Waals surface area contributed by atoms with E-state index in [2.05, 4.69) is 23.7 Å². The minimum atomic E-state index is -0.0221. The summed E-state index contributed by atoms with van der Waals surface area (Å²) >= 11 is 0. The highest BCUT2D eigenvalue weighted by atomic mass is 16.1. The lowest BCUT2D eigenvalue weighted by molar-refractivity contribution is 0.795. The smallest absolute Gasteiger partial charge is 0.295 e. The first-order valence-electron chi connectivity index (χ1n) is 5.56. The first-order valence-corrected chi connectivity index (χ1v) is 5.56. The Morgan fingerprint density at radius 1 is 1.15 bits per heavy atom. The second kappa shape index (κ2) is 8.11. The van der Waals surface area contributed by atoms with E-state index in [1.807, 2.05) is 25.1 Å². The van der Waals surface area contributed by atoms with Gasteiger partial charge in [0.1, 0.15) is 0 Å². The highest BCUT2D eigenvalue weighted by Gasteiger charge is 2.07. The lowest BCUT2D eigenvalue weighted by atomic mass is 10.3. The molecule has 0 amide bonds. The van der Waals surface area contributed by atoms with E-state index in [0.717, 1.165) is 16.7 Å². The summed E-state index contributed by atoms with van der Waals surface area (Å²) in [7, 11) is 3.53. The number of fused-ring (bicyclic) bond motifs is 1. The first kappa shape index (κ1) is 16.9. The van der Waals surface area contributed by atoms with Crippen LogP contribution in [0.3, 0.4) is 0 Å². The van der Waals surface area contributed by atoms with E-state index in [9.17, 15) is 4.79 Å². The van der Waals surface area contributed by atoms with Gasteiger partial charge in [0.15, 0.2) is 0 Å². The van der Waals surface area contributed by atoms with Crippen LogP contribution in [0.5, 0.6) is 0 Å². The Morgan fingerprint density at radius 3 is 2.25 bits per heavy atom. The predicted molar refractivity (Wildman–Crippen MR) is 79.3 cm³/mol. The van der Waals surface area contributed by atoms with E-state index in [1.54, 1.807) is 29.4 Å². The van der Waals surface area contributed by atoms with E-state index in [4.69, 9.17) is 10.5 Å². The average Bonchev–Trinajstić information content (AvgIpc) is 2.74. The quantitative estimate of drug-likeness (QED) is 0.662. The van der Waals surface area contributed by atoms with E-state index >= 15 is 0 Å². The Labute approximate surface area is 117 Å². The van der Waals surface area contributed by atoms with Gasteiger partial charge in [0.25, 0.3) is 0 Å². The number of imidazole rings is 1. The number of aromatic nitrogens is 2. The Balaban J connectivity index is 0.000000829. The van der Waals surface area contributed by atoms with Crippen molar-refractivity contribution in [2.75, 3.05) is 5.43 Å². The van der Waals surface area contributed by atoms with Crippen LogP contribution in [0.25, 0.3) is 11.0 Å². The van der Waals surface area contributed by atoms with Crippen molar-refractivity contribution in [1.29, 1.82) is 10.5 Å². The molecular formula is C13H16N6O. The number of nitriles is 2. The van der Waals surface area contributed by atoms with Gasteiger partial charge >= 0.3 is 5.69 Å². The van der Waals surface area contributed by atoms with Crippen molar-refractivity contribution in [3.05, 3.63) is 28.7 Å². The van der Waals surface area contributed by atoms with Gasteiger partial charge in [0, 0.05) is 33.5 Å². The summed E-state index contributed by atoms with van der Waals surface area (Å²) in [5, 5.41) is 16.9. The van der Waals surface area contributed by atoms with Crippen LogP contribution in [0.2, 0.25) is 0 Å². The molecule has 1 N–H and O–H groups in total. The topological polar surface area (TPSA) is 98.9 Å². The van der Waals surface area contributed by atoms with Gasteiger partial charge in [-0.25, -0.2) is 15.3 Å². The van der Waals surface area contributed by atoms with Gasteiger partial charge in [0.05, 0.1) is 16.7 Å². The fourth-order valence-corrected chi connectivity index (χ4v) is 1.72. The molecule has 0 spiro atoms. The summed E-state index contributed by atoms with van der Waals surface area (Å²) in [6, 6.07) is 5.71. The molecule has 2 aromatic rings. The van der Waals surface area contributed by atoms with Crippen molar-refractivity contribution in [3.8, 4) is 13.1 Å². The molecule has 104 valence electrons. The Bertz CT molecular complexity index is 683. The fourth-order valence-electron chi connectivity index (χ4n) is 1.72. The molecule has 0 radical (unpaired) electrons. The maximum absolute atomic E-state index is 11.7. The highest BCUT2D eigenvalue weighted by molar-refractivity contribution is 5.80. The van der Waals surface area contributed by atoms with Crippen LogP contribution in [-0.2, 0) is 14.1 Å². The highest BCUT2D eigenvalue weighted by Crippen LogP contribution is 2.17. The zero-order valence-electron chi connectivity index (χ0n) is 11.6. The van der Waals surface area contributed by atoms with Crippen LogP contribution in [0, 0.1) is 23.7 Å². The second-order valence-corrected chi connectivity index (χ2v) is 3.60. The predicted octanol–water partition coefficient (Wildman–Crippen LogP) is 1.57. The van der Waals surface area contributed by atoms with Gasteiger partial charge in [-0.1, -0.05) is 0 Å². The summed E-state index contributed by atoms with van der Waals surface area (Å²) in [4.78, 5) is 11.7. The molecule has 0 aliphatic heterocycles. The molecule has 1 heterocycles. The van der Waals surface area contributed by atoms with Crippen molar-refractivity contribution < 1.29 is 0 Å². The summed E-state index contributed by atoms with van der Waals surface area (Å²) in [6.07, 6.45) is 1.67. The number of anilines is 1. The van der Waals surface area contributed by atoms with Crippen molar-refractivity contribution in [3.63, 3.8) is 0 Å². The lowest BCUT2D eigenvalue weighted by Crippen LogP contribution is -2.19. The molecule has 7 heteroatoms. The SMILES string of the molecule is C#N.C#N.CC=NNc1ccc2c(c1)n(C)c(=O)n2C. The summed E-state index contributed by atoms with van der Waals surface area (Å²) in [6.45, 7) is 8.84. The van der Waals surface area contributed by atoms with Gasteiger partial charge in [-0.05, 0) is 25.1 Å². The van der Waals surface area contributed by atoms with Crippen LogP contribution in [0.1, 0.15) is 6.92 Å². The zero-order valence-corrected chi connectivity index (χ0v) is 11.6. The molecular weight excluding hydrogens is 256 g/mol. The van der Waals surface area contributed by atoms with Gasteiger partial charge in [-0.15, -0.1) is 0 Å². The van der Waals surface area contributed by atoms with Crippen molar-refractivity contribution >= 4 is 22.9 Å². The number of nitrogens with one attached hydrogen (secondary N) is 1.